The van der Waals surface area contributed by atoms with Crippen molar-refractivity contribution in [1.82, 2.24) is 5.16 Å². The summed E-state index contributed by atoms with van der Waals surface area (Å²) in [6.07, 6.45) is 1.00. The minimum atomic E-state index is 0.599. The Bertz CT molecular complexity index is 485. The van der Waals surface area contributed by atoms with Crippen molar-refractivity contribution in [3.8, 4) is 5.88 Å². The molecule has 0 N–H and O–H groups in total. The third-order valence-electron chi connectivity index (χ3n) is 2.56. The lowest BCUT2D eigenvalue weighted by atomic mass is 10.3. The van der Waals surface area contributed by atoms with Gasteiger partial charge in [0.05, 0.1) is 39.7 Å². The lowest BCUT2D eigenvalue weighted by molar-refractivity contribution is -0.870. The molecule has 0 spiro atoms. The second-order valence-corrected chi connectivity index (χ2v) is 5.20. The van der Waals surface area contributed by atoms with Gasteiger partial charge in [-0.15, -0.1) is 0 Å². The molecule has 0 aliphatic heterocycles. The molecular formula is C13H19N2O2+. The van der Waals surface area contributed by atoms with Gasteiger partial charge in [-0.1, -0.05) is 12.1 Å². The van der Waals surface area contributed by atoms with Crippen molar-refractivity contribution >= 4 is 11.0 Å². The predicted octanol–water partition coefficient (Wildman–Crippen LogP) is 2.30. The van der Waals surface area contributed by atoms with E-state index in [1.807, 2.05) is 24.3 Å². The zero-order valence-electron chi connectivity index (χ0n) is 10.6. The molecule has 17 heavy (non-hydrogen) atoms. The summed E-state index contributed by atoms with van der Waals surface area (Å²) >= 11 is 0. The van der Waals surface area contributed by atoms with Crippen LogP contribution in [0.5, 0.6) is 5.88 Å². The fourth-order valence-electron chi connectivity index (χ4n) is 1.67. The molecule has 0 radical (unpaired) electrons. The fourth-order valence-corrected chi connectivity index (χ4v) is 1.67. The number of quaternary nitrogens is 1. The number of nitrogens with zero attached hydrogens (tertiary/aromatic N) is 2. The first-order valence-corrected chi connectivity index (χ1v) is 5.84. The van der Waals surface area contributed by atoms with E-state index in [0.29, 0.717) is 12.5 Å². The average molecular weight is 235 g/mol. The van der Waals surface area contributed by atoms with E-state index >= 15 is 0 Å². The van der Waals surface area contributed by atoms with Crippen LogP contribution in [0.1, 0.15) is 6.42 Å². The molecule has 0 fully saturated rings. The van der Waals surface area contributed by atoms with Crippen LogP contribution in [0.4, 0.5) is 0 Å². The average Bonchev–Trinajstić information content (AvgIpc) is 2.67. The molecule has 0 bridgehead atoms. The van der Waals surface area contributed by atoms with Crippen LogP contribution in [-0.2, 0) is 0 Å². The van der Waals surface area contributed by atoms with Crippen LogP contribution in [0.15, 0.2) is 28.8 Å². The molecule has 0 saturated heterocycles. The van der Waals surface area contributed by atoms with Crippen molar-refractivity contribution in [2.45, 2.75) is 6.42 Å². The van der Waals surface area contributed by atoms with Gasteiger partial charge in [-0.2, -0.15) is 0 Å². The summed E-state index contributed by atoms with van der Waals surface area (Å²) in [5.74, 6) is 0.599. The monoisotopic (exact) mass is 235 g/mol. The molecule has 0 unspecified atom stereocenters. The van der Waals surface area contributed by atoms with Crippen molar-refractivity contribution in [3.63, 3.8) is 0 Å². The standard InChI is InChI=1S/C13H19N2O2/c1-15(2,3)9-6-10-16-13-11-7-4-5-8-12(11)17-14-13/h4-5,7-8H,6,9-10H2,1-3H3/q+1. The van der Waals surface area contributed by atoms with Gasteiger partial charge in [-0.3, -0.25) is 0 Å². The molecule has 92 valence electrons. The summed E-state index contributed by atoms with van der Waals surface area (Å²) in [6.45, 7) is 1.75. The summed E-state index contributed by atoms with van der Waals surface area (Å²) in [6, 6.07) is 7.73. The Hall–Kier alpha value is -1.55. The van der Waals surface area contributed by atoms with Gasteiger partial charge in [0.1, 0.15) is 0 Å². The van der Waals surface area contributed by atoms with Gasteiger partial charge >= 0.3 is 0 Å². The van der Waals surface area contributed by atoms with Gasteiger partial charge in [0.15, 0.2) is 5.58 Å². The molecule has 1 aromatic heterocycles. The molecular weight excluding hydrogens is 216 g/mol. The Balaban J connectivity index is 1.91. The van der Waals surface area contributed by atoms with Gasteiger partial charge in [-0.05, 0) is 17.3 Å². The Labute approximate surface area is 101 Å². The highest BCUT2D eigenvalue weighted by Gasteiger charge is 2.10. The number of rotatable bonds is 5. The van der Waals surface area contributed by atoms with E-state index < -0.39 is 0 Å². The molecule has 4 heteroatoms. The largest absolute Gasteiger partial charge is 0.475 e. The Morgan fingerprint density at radius 2 is 2.00 bits per heavy atom. The SMILES string of the molecule is C[N+](C)(C)CCCOc1noc2ccccc12. The van der Waals surface area contributed by atoms with Gasteiger partial charge in [0.2, 0.25) is 0 Å². The molecule has 2 rings (SSSR count). The van der Waals surface area contributed by atoms with Crippen LogP contribution in [-0.4, -0.2) is 43.9 Å². The number of hydrogen-bond acceptors (Lipinski definition) is 3. The first-order valence-electron chi connectivity index (χ1n) is 5.84. The third kappa shape index (κ3) is 3.20. The summed E-state index contributed by atoms with van der Waals surface area (Å²) in [5, 5.41) is 4.87. The zero-order chi connectivity index (χ0) is 12.3. The van der Waals surface area contributed by atoms with Crippen LogP contribution in [0.25, 0.3) is 11.0 Å². The first-order chi connectivity index (χ1) is 8.06. The number of para-hydroxylation sites is 1. The zero-order valence-corrected chi connectivity index (χ0v) is 10.6. The van der Waals surface area contributed by atoms with Gasteiger partial charge in [-0.25, -0.2) is 0 Å². The van der Waals surface area contributed by atoms with Gasteiger partial charge < -0.3 is 13.7 Å². The Morgan fingerprint density at radius 3 is 2.76 bits per heavy atom. The summed E-state index contributed by atoms with van der Waals surface area (Å²) in [7, 11) is 6.52. The molecule has 1 aromatic carbocycles. The molecule has 0 amide bonds. The van der Waals surface area contributed by atoms with E-state index in [9.17, 15) is 0 Å². The van der Waals surface area contributed by atoms with Crippen LogP contribution in [0.2, 0.25) is 0 Å². The fraction of sp³-hybridized carbons (Fsp3) is 0.462. The number of ether oxygens (including phenoxy) is 1. The van der Waals surface area contributed by atoms with E-state index in [1.54, 1.807) is 0 Å². The van der Waals surface area contributed by atoms with Crippen molar-refractivity contribution in [2.75, 3.05) is 34.3 Å². The van der Waals surface area contributed by atoms with Gasteiger partial charge in [0, 0.05) is 6.42 Å². The van der Waals surface area contributed by atoms with Crippen molar-refractivity contribution in [2.24, 2.45) is 0 Å². The first kappa shape index (κ1) is 11.9. The number of fused-ring (bicyclic) bond motifs is 1. The van der Waals surface area contributed by atoms with E-state index in [1.165, 1.54) is 0 Å². The van der Waals surface area contributed by atoms with E-state index in [4.69, 9.17) is 9.26 Å². The maximum absolute atomic E-state index is 5.64. The second-order valence-electron chi connectivity index (χ2n) is 5.20. The minimum absolute atomic E-state index is 0.599. The lowest BCUT2D eigenvalue weighted by Gasteiger charge is -2.23. The molecule has 1 heterocycles. The summed E-state index contributed by atoms with van der Waals surface area (Å²) in [5.41, 5.74) is 0.772. The van der Waals surface area contributed by atoms with Crippen LogP contribution >= 0.6 is 0 Å². The molecule has 0 aliphatic carbocycles. The normalized spacial score (nSPS) is 11.9. The highest BCUT2D eigenvalue weighted by atomic mass is 16.5. The Kier molecular flexibility index (Phi) is 3.33. The van der Waals surface area contributed by atoms with Crippen molar-refractivity contribution in [3.05, 3.63) is 24.3 Å². The highest BCUT2D eigenvalue weighted by molar-refractivity contribution is 5.81. The van der Waals surface area contributed by atoms with Gasteiger partial charge in [0.25, 0.3) is 5.88 Å². The number of hydrogen-bond donors (Lipinski definition) is 0. The molecule has 0 saturated carbocycles. The molecule has 0 atom stereocenters. The van der Waals surface area contributed by atoms with Crippen LogP contribution in [0, 0.1) is 0 Å². The van der Waals surface area contributed by atoms with Crippen molar-refractivity contribution < 1.29 is 13.7 Å². The Morgan fingerprint density at radius 1 is 1.24 bits per heavy atom. The smallest absolute Gasteiger partial charge is 0.262 e. The summed E-state index contributed by atoms with van der Waals surface area (Å²) < 4.78 is 11.8. The quantitative estimate of drug-likeness (QED) is 0.589. The maximum atomic E-state index is 5.64. The lowest BCUT2D eigenvalue weighted by Crippen LogP contribution is -2.35. The summed E-state index contributed by atoms with van der Waals surface area (Å²) in [4.78, 5) is 0. The van der Waals surface area contributed by atoms with Crippen molar-refractivity contribution in [1.29, 1.82) is 0 Å². The number of aromatic nitrogens is 1. The minimum Gasteiger partial charge on any atom is -0.475 e. The predicted molar refractivity (Wildman–Crippen MR) is 67.0 cm³/mol. The molecule has 4 nitrogen and oxygen atoms in total. The molecule has 2 aromatic rings. The van der Waals surface area contributed by atoms with Crippen LogP contribution in [0.3, 0.4) is 0 Å². The van der Waals surface area contributed by atoms with E-state index in [2.05, 4.69) is 26.3 Å². The highest BCUT2D eigenvalue weighted by Crippen LogP contribution is 2.24. The second kappa shape index (κ2) is 4.75. The molecule has 0 aliphatic rings. The number of benzene rings is 1. The maximum Gasteiger partial charge on any atom is 0.262 e. The van der Waals surface area contributed by atoms with E-state index in [-0.39, 0.29) is 0 Å². The third-order valence-corrected chi connectivity index (χ3v) is 2.56. The topological polar surface area (TPSA) is 35.3 Å². The van der Waals surface area contributed by atoms with Crippen LogP contribution < -0.4 is 4.74 Å². The van der Waals surface area contributed by atoms with E-state index in [0.717, 1.165) is 28.4 Å².